The van der Waals surface area contributed by atoms with Crippen LogP contribution in [0.2, 0.25) is 5.02 Å². The molecule has 1 atom stereocenters. The summed E-state index contributed by atoms with van der Waals surface area (Å²) in [4.78, 5) is 0. The van der Waals surface area contributed by atoms with E-state index in [0.29, 0.717) is 6.04 Å². The molecule has 3 nitrogen and oxygen atoms in total. The molecule has 0 radical (unpaired) electrons. The van der Waals surface area contributed by atoms with Crippen molar-refractivity contribution in [1.82, 2.24) is 15.1 Å². The molecule has 1 N–H and O–H groups in total. The van der Waals surface area contributed by atoms with Gasteiger partial charge in [0.25, 0.3) is 0 Å². The third-order valence-electron chi connectivity index (χ3n) is 3.12. The van der Waals surface area contributed by atoms with Gasteiger partial charge in [0.2, 0.25) is 0 Å². The van der Waals surface area contributed by atoms with Crippen molar-refractivity contribution >= 4 is 11.6 Å². The van der Waals surface area contributed by atoms with Crippen LogP contribution < -0.4 is 5.32 Å². The van der Waals surface area contributed by atoms with Crippen LogP contribution >= 0.6 is 11.6 Å². The largest absolute Gasteiger partial charge is 0.314 e. The molecule has 98 valence electrons. The Balaban J connectivity index is 2.58. The van der Waals surface area contributed by atoms with Gasteiger partial charge >= 0.3 is 0 Å². The van der Waals surface area contributed by atoms with Crippen LogP contribution in [0.4, 0.5) is 0 Å². The fourth-order valence-corrected chi connectivity index (χ4v) is 2.50. The number of hydrogen-bond acceptors (Lipinski definition) is 2. The maximum absolute atomic E-state index is 6.25. The van der Waals surface area contributed by atoms with Crippen LogP contribution in [0, 0.1) is 6.92 Å². The van der Waals surface area contributed by atoms with Crippen LogP contribution in [0.5, 0.6) is 0 Å². The van der Waals surface area contributed by atoms with Gasteiger partial charge in [0.05, 0.1) is 16.4 Å². The normalized spacial score (nSPS) is 13.0. The predicted molar refractivity (Wildman–Crippen MR) is 73.6 cm³/mol. The fourth-order valence-electron chi connectivity index (χ4n) is 2.25. The molecule has 1 aromatic rings. The molecule has 0 spiro atoms. The van der Waals surface area contributed by atoms with E-state index in [1.54, 1.807) is 0 Å². The maximum Gasteiger partial charge on any atom is 0.0846 e. The van der Waals surface area contributed by atoms with Gasteiger partial charge in [-0.05, 0) is 32.7 Å². The van der Waals surface area contributed by atoms with Crippen LogP contribution in [0.25, 0.3) is 0 Å². The first kappa shape index (κ1) is 14.5. The average molecular weight is 258 g/mol. The summed E-state index contributed by atoms with van der Waals surface area (Å²) in [5.74, 6) is 0. The summed E-state index contributed by atoms with van der Waals surface area (Å²) in [5.41, 5.74) is 2.09. The van der Waals surface area contributed by atoms with E-state index in [1.807, 2.05) is 18.7 Å². The molecule has 0 saturated heterocycles. The minimum absolute atomic E-state index is 0.594. The molecule has 0 aliphatic rings. The second kappa shape index (κ2) is 7.02. The summed E-state index contributed by atoms with van der Waals surface area (Å²) >= 11 is 6.25. The minimum Gasteiger partial charge on any atom is -0.314 e. The second-order valence-electron chi connectivity index (χ2n) is 4.55. The van der Waals surface area contributed by atoms with Gasteiger partial charge in [-0.25, -0.2) is 0 Å². The van der Waals surface area contributed by atoms with Crippen molar-refractivity contribution in [2.45, 2.75) is 52.5 Å². The first-order valence-electron chi connectivity index (χ1n) is 6.51. The van der Waals surface area contributed by atoms with Crippen molar-refractivity contribution < 1.29 is 0 Å². The van der Waals surface area contributed by atoms with Crippen molar-refractivity contribution in [3.05, 3.63) is 16.4 Å². The molecule has 0 saturated carbocycles. The standard InChI is InChI=1S/C13H24ClN3/c1-5-7-11(15-6-2)8-9-12-13(14)10(3)16-17(12)4/h11,15H,5-9H2,1-4H3. The number of aromatic nitrogens is 2. The summed E-state index contributed by atoms with van der Waals surface area (Å²) in [7, 11) is 1.97. The van der Waals surface area contributed by atoms with Gasteiger partial charge in [-0.15, -0.1) is 0 Å². The molecule has 1 rings (SSSR count). The van der Waals surface area contributed by atoms with Crippen molar-refractivity contribution in [3.8, 4) is 0 Å². The Labute approximate surface area is 110 Å². The van der Waals surface area contributed by atoms with Gasteiger partial charge in [0.15, 0.2) is 0 Å². The highest BCUT2D eigenvalue weighted by molar-refractivity contribution is 6.31. The van der Waals surface area contributed by atoms with Crippen molar-refractivity contribution in [1.29, 1.82) is 0 Å². The number of nitrogens with one attached hydrogen (secondary N) is 1. The van der Waals surface area contributed by atoms with E-state index >= 15 is 0 Å². The highest BCUT2D eigenvalue weighted by atomic mass is 35.5. The maximum atomic E-state index is 6.25. The Hall–Kier alpha value is -0.540. The van der Waals surface area contributed by atoms with Gasteiger partial charge in [-0.1, -0.05) is 31.9 Å². The number of nitrogens with zero attached hydrogens (tertiary/aromatic N) is 2. The van der Waals surface area contributed by atoms with Crippen molar-refractivity contribution in [2.24, 2.45) is 7.05 Å². The lowest BCUT2D eigenvalue weighted by Crippen LogP contribution is -2.29. The van der Waals surface area contributed by atoms with Gasteiger partial charge in [-0.3, -0.25) is 4.68 Å². The highest BCUT2D eigenvalue weighted by Crippen LogP contribution is 2.21. The SMILES string of the molecule is CCCC(CCc1c(Cl)c(C)nn1C)NCC. The molecular formula is C13H24ClN3. The van der Waals surface area contributed by atoms with Crippen molar-refractivity contribution in [3.63, 3.8) is 0 Å². The van der Waals surface area contributed by atoms with E-state index in [1.165, 1.54) is 12.8 Å². The van der Waals surface area contributed by atoms with E-state index < -0.39 is 0 Å². The molecule has 0 amide bonds. The predicted octanol–water partition coefficient (Wildman–Crippen LogP) is 3.09. The van der Waals surface area contributed by atoms with Crippen LogP contribution in [-0.2, 0) is 13.5 Å². The lowest BCUT2D eigenvalue weighted by molar-refractivity contribution is 0.454. The Morgan fingerprint density at radius 1 is 1.35 bits per heavy atom. The summed E-state index contributed by atoms with van der Waals surface area (Å²) in [6.45, 7) is 7.37. The van der Waals surface area contributed by atoms with Crippen LogP contribution in [0.3, 0.4) is 0 Å². The summed E-state index contributed by atoms with van der Waals surface area (Å²) in [6.07, 6.45) is 4.56. The summed E-state index contributed by atoms with van der Waals surface area (Å²) in [5, 5.41) is 8.70. The van der Waals surface area contributed by atoms with E-state index in [9.17, 15) is 0 Å². The number of halogens is 1. The summed E-state index contributed by atoms with van der Waals surface area (Å²) in [6, 6.07) is 0.594. The van der Waals surface area contributed by atoms with Crippen LogP contribution in [0.1, 0.15) is 44.5 Å². The Morgan fingerprint density at radius 2 is 2.06 bits per heavy atom. The molecule has 4 heteroatoms. The lowest BCUT2D eigenvalue weighted by Gasteiger charge is -2.17. The number of hydrogen-bond donors (Lipinski definition) is 1. The smallest absolute Gasteiger partial charge is 0.0846 e. The zero-order valence-corrected chi connectivity index (χ0v) is 12.1. The molecule has 0 aliphatic heterocycles. The molecule has 1 aromatic heterocycles. The van der Waals surface area contributed by atoms with E-state index in [-0.39, 0.29) is 0 Å². The molecule has 0 aromatic carbocycles. The van der Waals surface area contributed by atoms with Crippen LogP contribution in [-0.4, -0.2) is 22.4 Å². The highest BCUT2D eigenvalue weighted by Gasteiger charge is 2.13. The first-order valence-corrected chi connectivity index (χ1v) is 6.89. The quantitative estimate of drug-likeness (QED) is 0.814. The van der Waals surface area contributed by atoms with Gasteiger partial charge in [0, 0.05) is 13.1 Å². The molecule has 1 unspecified atom stereocenters. The van der Waals surface area contributed by atoms with Crippen LogP contribution in [0.15, 0.2) is 0 Å². The molecule has 0 bridgehead atoms. The molecule has 17 heavy (non-hydrogen) atoms. The number of aryl methyl sites for hydroxylation is 2. The zero-order chi connectivity index (χ0) is 12.8. The third kappa shape index (κ3) is 4.00. The van der Waals surface area contributed by atoms with Gasteiger partial charge in [-0.2, -0.15) is 5.10 Å². The Kier molecular flexibility index (Phi) is 6.00. The van der Waals surface area contributed by atoms with Gasteiger partial charge < -0.3 is 5.32 Å². The van der Waals surface area contributed by atoms with E-state index in [4.69, 9.17) is 11.6 Å². The summed E-state index contributed by atoms with van der Waals surface area (Å²) < 4.78 is 1.91. The lowest BCUT2D eigenvalue weighted by atomic mass is 10.0. The Morgan fingerprint density at radius 3 is 2.53 bits per heavy atom. The topological polar surface area (TPSA) is 29.9 Å². The Bertz CT molecular complexity index is 341. The van der Waals surface area contributed by atoms with Crippen molar-refractivity contribution in [2.75, 3.05) is 6.54 Å². The molecule has 1 heterocycles. The van der Waals surface area contributed by atoms with E-state index in [2.05, 4.69) is 24.3 Å². The second-order valence-corrected chi connectivity index (χ2v) is 4.93. The first-order chi connectivity index (χ1) is 8.10. The zero-order valence-electron chi connectivity index (χ0n) is 11.4. The molecule has 0 aliphatic carbocycles. The molecule has 0 fully saturated rings. The number of rotatable bonds is 7. The minimum atomic E-state index is 0.594. The van der Waals surface area contributed by atoms with Gasteiger partial charge in [0.1, 0.15) is 0 Å². The van der Waals surface area contributed by atoms with E-state index in [0.717, 1.165) is 35.8 Å². The third-order valence-corrected chi connectivity index (χ3v) is 3.61. The fraction of sp³-hybridized carbons (Fsp3) is 0.769. The monoisotopic (exact) mass is 257 g/mol. The molecular weight excluding hydrogens is 234 g/mol. The average Bonchev–Trinajstić information content (AvgIpc) is 2.51.